The summed E-state index contributed by atoms with van der Waals surface area (Å²) >= 11 is 6.88. The lowest BCUT2D eigenvalue weighted by Gasteiger charge is -2.20. The van der Waals surface area contributed by atoms with Crippen LogP contribution in [-0.4, -0.2) is 16.6 Å². The van der Waals surface area contributed by atoms with Gasteiger partial charge in [-0.2, -0.15) is 5.10 Å². The normalized spacial score (nSPS) is 17.5. The van der Waals surface area contributed by atoms with Crippen LogP contribution in [0.3, 0.4) is 0 Å². The molecule has 1 heterocycles. The average Bonchev–Trinajstić information content (AvgIpc) is 2.94. The van der Waals surface area contributed by atoms with Crippen molar-refractivity contribution in [1.82, 2.24) is 5.01 Å². The maximum atomic E-state index is 11.9. The highest BCUT2D eigenvalue weighted by Gasteiger charge is 2.31. The smallest absolute Gasteiger partial charge is 0.240 e. The molecular weight excluding hydrogens is 408 g/mol. The molecule has 0 saturated heterocycles. The molecule has 0 aliphatic carbocycles. The summed E-state index contributed by atoms with van der Waals surface area (Å²) in [5, 5.41) is 6.13. The van der Waals surface area contributed by atoms with E-state index in [4.69, 9.17) is 0 Å². The number of hydrazone groups is 1. The van der Waals surface area contributed by atoms with E-state index in [0.29, 0.717) is 0 Å². The van der Waals surface area contributed by atoms with E-state index in [1.165, 1.54) is 0 Å². The molecule has 0 unspecified atom stereocenters. The molecule has 1 aliphatic heterocycles. The Kier molecular flexibility index (Phi) is 4.45. The van der Waals surface area contributed by atoms with Gasteiger partial charge in [-0.25, -0.2) is 5.01 Å². The summed E-state index contributed by atoms with van der Waals surface area (Å²) in [6.07, 6.45) is 0.725. The van der Waals surface area contributed by atoms with Crippen molar-refractivity contribution >= 4 is 43.5 Å². The molecule has 3 nitrogen and oxygen atoms in total. The zero-order chi connectivity index (χ0) is 15.7. The number of carbonyl (C=O) groups is 1. The Morgan fingerprint density at radius 1 is 1.05 bits per heavy atom. The highest BCUT2D eigenvalue weighted by atomic mass is 79.9. The van der Waals surface area contributed by atoms with E-state index in [1.54, 1.807) is 11.9 Å². The van der Waals surface area contributed by atoms with Crippen molar-refractivity contribution in [2.24, 2.45) is 5.10 Å². The molecule has 0 fully saturated rings. The Bertz CT molecular complexity index is 723. The predicted molar refractivity (Wildman–Crippen MR) is 94.7 cm³/mol. The van der Waals surface area contributed by atoms with Gasteiger partial charge in [-0.15, -0.1) is 0 Å². The number of carbonyl (C=O) groups excluding carboxylic acids is 1. The van der Waals surface area contributed by atoms with E-state index >= 15 is 0 Å². The summed E-state index contributed by atoms with van der Waals surface area (Å²) in [6, 6.07) is 16.0. The van der Waals surface area contributed by atoms with Crippen LogP contribution in [0.15, 0.2) is 62.6 Å². The Balaban J connectivity index is 1.92. The predicted octanol–water partition coefficient (Wildman–Crippen LogP) is 4.91. The van der Waals surface area contributed by atoms with Gasteiger partial charge in [-0.05, 0) is 35.4 Å². The lowest BCUT2D eigenvalue weighted by atomic mass is 9.98. The molecule has 0 N–H and O–H groups in total. The van der Waals surface area contributed by atoms with Gasteiger partial charge in [0.2, 0.25) is 5.91 Å². The van der Waals surface area contributed by atoms with E-state index in [-0.39, 0.29) is 11.9 Å². The van der Waals surface area contributed by atoms with E-state index in [9.17, 15) is 4.79 Å². The molecule has 112 valence electrons. The topological polar surface area (TPSA) is 32.7 Å². The third-order valence-corrected chi connectivity index (χ3v) is 4.72. The first-order valence-corrected chi connectivity index (χ1v) is 8.52. The third-order valence-electron chi connectivity index (χ3n) is 3.67. The minimum atomic E-state index is -0.0416. The van der Waals surface area contributed by atoms with Crippen LogP contribution >= 0.6 is 31.9 Å². The zero-order valence-corrected chi connectivity index (χ0v) is 15.1. The highest BCUT2D eigenvalue weighted by Crippen LogP contribution is 2.33. The second-order valence-corrected chi connectivity index (χ2v) is 7.02. The van der Waals surface area contributed by atoms with Crippen molar-refractivity contribution in [2.45, 2.75) is 19.4 Å². The number of amides is 1. The first kappa shape index (κ1) is 15.4. The fourth-order valence-corrected chi connectivity index (χ4v) is 3.09. The molecule has 1 aliphatic rings. The van der Waals surface area contributed by atoms with Crippen LogP contribution in [0.2, 0.25) is 0 Å². The van der Waals surface area contributed by atoms with Crippen molar-refractivity contribution in [3.05, 3.63) is 68.6 Å². The van der Waals surface area contributed by atoms with Gasteiger partial charge >= 0.3 is 0 Å². The standard InChI is InChI=1S/C17H14Br2N2O/c1-11(22)21-17(13-4-8-15(19)9-5-13)10-16(20-21)12-2-6-14(18)7-3-12/h2-9,17H,10H2,1H3/t17-/m1/s1. The van der Waals surface area contributed by atoms with Crippen LogP contribution in [0.25, 0.3) is 0 Å². The molecule has 0 radical (unpaired) electrons. The van der Waals surface area contributed by atoms with Crippen LogP contribution in [-0.2, 0) is 4.79 Å². The zero-order valence-electron chi connectivity index (χ0n) is 12.0. The monoisotopic (exact) mass is 420 g/mol. The summed E-state index contributed by atoms with van der Waals surface area (Å²) in [4.78, 5) is 11.9. The Morgan fingerprint density at radius 3 is 2.14 bits per heavy atom. The fraction of sp³-hybridized carbons (Fsp3) is 0.176. The van der Waals surface area contributed by atoms with Crippen molar-refractivity contribution in [2.75, 3.05) is 0 Å². The minimum absolute atomic E-state index is 0.0377. The van der Waals surface area contributed by atoms with Gasteiger partial charge < -0.3 is 0 Å². The molecule has 2 aromatic carbocycles. The van der Waals surface area contributed by atoms with Crippen molar-refractivity contribution in [3.63, 3.8) is 0 Å². The lowest BCUT2D eigenvalue weighted by Crippen LogP contribution is -2.24. The third kappa shape index (κ3) is 3.15. The first-order valence-electron chi connectivity index (χ1n) is 6.93. The second kappa shape index (κ2) is 6.34. The quantitative estimate of drug-likeness (QED) is 0.677. The number of hydrogen-bond acceptors (Lipinski definition) is 2. The van der Waals surface area contributed by atoms with E-state index in [1.807, 2.05) is 48.5 Å². The number of rotatable bonds is 2. The molecule has 0 saturated carbocycles. The highest BCUT2D eigenvalue weighted by molar-refractivity contribution is 9.10. The Hall–Kier alpha value is -1.46. The molecule has 0 spiro atoms. The average molecular weight is 422 g/mol. The summed E-state index contributed by atoms with van der Waals surface area (Å²) in [5.41, 5.74) is 3.08. The largest absolute Gasteiger partial charge is 0.273 e. The SMILES string of the molecule is CC(=O)N1N=C(c2ccc(Br)cc2)C[C@@H]1c1ccc(Br)cc1. The molecule has 1 amide bonds. The van der Waals surface area contributed by atoms with Gasteiger partial charge in [0.15, 0.2) is 0 Å². The molecule has 3 rings (SSSR count). The minimum Gasteiger partial charge on any atom is -0.273 e. The number of benzene rings is 2. The summed E-state index contributed by atoms with van der Waals surface area (Å²) in [7, 11) is 0. The van der Waals surface area contributed by atoms with Crippen molar-refractivity contribution in [1.29, 1.82) is 0 Å². The number of nitrogens with zero attached hydrogens (tertiary/aromatic N) is 2. The molecule has 2 aromatic rings. The van der Waals surface area contributed by atoms with Crippen LogP contribution in [0.4, 0.5) is 0 Å². The molecule has 5 heteroatoms. The fourth-order valence-electron chi connectivity index (χ4n) is 2.56. The summed E-state index contributed by atoms with van der Waals surface area (Å²) in [5.74, 6) is -0.0416. The molecular formula is C17H14Br2N2O. The Labute approximate surface area is 146 Å². The lowest BCUT2D eigenvalue weighted by molar-refractivity contribution is -0.130. The van der Waals surface area contributed by atoms with Crippen LogP contribution in [0, 0.1) is 0 Å². The van der Waals surface area contributed by atoms with Gasteiger partial charge in [-0.1, -0.05) is 56.1 Å². The first-order chi connectivity index (χ1) is 10.5. The van der Waals surface area contributed by atoms with E-state index in [0.717, 1.165) is 32.2 Å². The van der Waals surface area contributed by atoms with Gasteiger partial charge in [-0.3, -0.25) is 4.79 Å². The maximum Gasteiger partial charge on any atom is 0.240 e. The number of halogens is 2. The van der Waals surface area contributed by atoms with Crippen LogP contribution in [0.5, 0.6) is 0 Å². The molecule has 1 atom stereocenters. The van der Waals surface area contributed by atoms with Gasteiger partial charge in [0.1, 0.15) is 0 Å². The molecule has 0 aromatic heterocycles. The molecule has 0 bridgehead atoms. The summed E-state index contributed by atoms with van der Waals surface area (Å²) in [6.45, 7) is 1.56. The van der Waals surface area contributed by atoms with Crippen LogP contribution in [0.1, 0.15) is 30.5 Å². The van der Waals surface area contributed by atoms with E-state index in [2.05, 4.69) is 37.0 Å². The maximum absolute atomic E-state index is 11.9. The van der Waals surface area contributed by atoms with Crippen molar-refractivity contribution in [3.8, 4) is 0 Å². The molecule has 22 heavy (non-hydrogen) atoms. The van der Waals surface area contributed by atoms with Crippen LogP contribution < -0.4 is 0 Å². The van der Waals surface area contributed by atoms with Gasteiger partial charge in [0.25, 0.3) is 0 Å². The summed E-state index contributed by atoms with van der Waals surface area (Å²) < 4.78 is 2.06. The van der Waals surface area contributed by atoms with Crippen molar-refractivity contribution < 1.29 is 4.79 Å². The Morgan fingerprint density at radius 2 is 1.59 bits per heavy atom. The van der Waals surface area contributed by atoms with Gasteiger partial charge in [0, 0.05) is 22.3 Å². The number of hydrogen-bond donors (Lipinski definition) is 0. The van der Waals surface area contributed by atoms with Gasteiger partial charge in [0.05, 0.1) is 11.8 Å². The van der Waals surface area contributed by atoms with E-state index < -0.39 is 0 Å². The second-order valence-electron chi connectivity index (χ2n) is 5.19.